The number of carbonyl (C=O) groups is 6. The number of ketones is 1. The highest BCUT2D eigenvalue weighted by molar-refractivity contribution is 6.28. The van der Waals surface area contributed by atoms with Crippen LogP contribution < -0.4 is 21.3 Å². The average Bonchev–Trinajstić information content (AvgIpc) is 2.89. The molecule has 0 aliphatic rings. The van der Waals surface area contributed by atoms with E-state index in [0.717, 1.165) is 5.56 Å². The quantitative estimate of drug-likeness (QED) is 0.170. The number of halogens is 1. The van der Waals surface area contributed by atoms with Crippen LogP contribution in [-0.4, -0.2) is 70.7 Å². The number of carbonyl (C=O) groups excluding carboxylic acids is 5. The van der Waals surface area contributed by atoms with Crippen LogP contribution in [0.25, 0.3) is 0 Å². The molecule has 0 aromatic heterocycles. The van der Waals surface area contributed by atoms with Crippen molar-refractivity contribution in [1.82, 2.24) is 21.3 Å². The van der Waals surface area contributed by atoms with E-state index in [-0.39, 0.29) is 37.2 Å². The zero-order valence-corrected chi connectivity index (χ0v) is 24.8. The fourth-order valence-corrected chi connectivity index (χ4v) is 3.98. The maximum absolute atomic E-state index is 13.2. The summed E-state index contributed by atoms with van der Waals surface area (Å²) in [6.07, 6.45) is -1.28. The van der Waals surface area contributed by atoms with Crippen LogP contribution in [0.5, 0.6) is 0 Å². The minimum absolute atomic E-state index is 0.0266. The SMILES string of the molecule is CC(C)C[C@H](NC(=O)OCc1ccccc1)C(=O)N[C@@H](CC(=O)O)C(=O)N[C@@H](CC(C)C)C(=O)N[C@@H](C)C(=O)CCl. The van der Waals surface area contributed by atoms with Gasteiger partial charge in [0.15, 0.2) is 5.78 Å². The second-order valence-electron chi connectivity index (χ2n) is 10.6. The van der Waals surface area contributed by atoms with Crippen molar-refractivity contribution in [3.05, 3.63) is 35.9 Å². The molecule has 1 aromatic rings. The first kappa shape index (κ1) is 35.4. The van der Waals surface area contributed by atoms with Crippen LogP contribution in [-0.2, 0) is 35.3 Å². The van der Waals surface area contributed by atoms with E-state index >= 15 is 0 Å². The lowest BCUT2D eigenvalue weighted by Gasteiger charge is -2.26. The predicted molar refractivity (Wildman–Crippen MR) is 152 cm³/mol. The number of amides is 4. The minimum atomic E-state index is -1.55. The average molecular weight is 597 g/mol. The molecule has 0 saturated carbocycles. The second-order valence-corrected chi connectivity index (χ2v) is 10.8. The minimum Gasteiger partial charge on any atom is -0.481 e. The standard InChI is InChI=1S/C28H41ClN4O8/c1-16(2)11-20(25(37)30-18(5)23(34)14-29)31-27(39)22(13-24(35)36)32-26(38)21(12-17(3)4)33-28(40)41-15-19-9-7-6-8-10-19/h6-10,16-18,20-22H,11-15H2,1-5H3,(H,30,37)(H,31,39)(H,32,38)(H,33,40)(H,35,36)/t18-,20-,21-,22-/m0/s1. The molecule has 228 valence electrons. The molecule has 0 fully saturated rings. The van der Waals surface area contributed by atoms with Crippen molar-refractivity contribution in [2.45, 2.75) is 84.7 Å². The van der Waals surface area contributed by atoms with Crippen molar-refractivity contribution >= 4 is 47.2 Å². The summed E-state index contributed by atoms with van der Waals surface area (Å²) in [6, 6.07) is 4.23. The molecule has 0 aliphatic carbocycles. The Bertz CT molecular complexity index is 1050. The summed E-state index contributed by atoms with van der Waals surface area (Å²) >= 11 is 5.55. The number of carboxylic acids is 1. The van der Waals surface area contributed by atoms with Crippen molar-refractivity contribution in [3.63, 3.8) is 0 Å². The molecule has 4 amide bonds. The molecule has 12 nitrogen and oxygen atoms in total. The number of ether oxygens (including phenoxy) is 1. The van der Waals surface area contributed by atoms with Gasteiger partial charge >= 0.3 is 12.1 Å². The molecule has 4 atom stereocenters. The zero-order chi connectivity index (χ0) is 31.1. The van der Waals surface area contributed by atoms with Gasteiger partial charge in [0.25, 0.3) is 0 Å². The number of rotatable bonds is 17. The van der Waals surface area contributed by atoms with Gasteiger partial charge in [-0.1, -0.05) is 58.0 Å². The Balaban J connectivity index is 3.00. The molecular formula is C28H41ClN4O8. The number of hydrogen-bond donors (Lipinski definition) is 5. The molecule has 0 radical (unpaired) electrons. The van der Waals surface area contributed by atoms with Crippen LogP contribution in [0.15, 0.2) is 30.3 Å². The molecular weight excluding hydrogens is 556 g/mol. The molecule has 0 heterocycles. The second kappa shape index (κ2) is 17.9. The van der Waals surface area contributed by atoms with Crippen molar-refractivity contribution < 1.29 is 38.6 Å². The first-order chi connectivity index (χ1) is 19.2. The first-order valence-corrected chi connectivity index (χ1v) is 14.0. The van der Waals surface area contributed by atoms with Gasteiger partial charge in [0.1, 0.15) is 24.7 Å². The normalized spacial score (nSPS) is 13.9. The third-order valence-corrected chi connectivity index (χ3v) is 6.12. The van der Waals surface area contributed by atoms with Gasteiger partial charge in [0.05, 0.1) is 18.3 Å². The van der Waals surface area contributed by atoms with Gasteiger partial charge in [-0.05, 0) is 37.2 Å². The maximum atomic E-state index is 13.2. The van der Waals surface area contributed by atoms with Crippen LogP contribution in [0.1, 0.15) is 59.4 Å². The summed E-state index contributed by atoms with van der Waals surface area (Å²) in [5, 5.41) is 19.3. The van der Waals surface area contributed by atoms with E-state index in [0.29, 0.717) is 0 Å². The third kappa shape index (κ3) is 14.0. The summed E-state index contributed by atoms with van der Waals surface area (Å²) in [5.41, 5.74) is 0.743. The highest BCUT2D eigenvalue weighted by Gasteiger charge is 2.32. The molecule has 0 aliphatic heterocycles. The van der Waals surface area contributed by atoms with Gasteiger partial charge in [0.2, 0.25) is 17.7 Å². The lowest BCUT2D eigenvalue weighted by Crippen LogP contribution is -2.58. The topological polar surface area (TPSA) is 180 Å². The van der Waals surface area contributed by atoms with Gasteiger partial charge in [-0.15, -0.1) is 11.6 Å². The molecule has 41 heavy (non-hydrogen) atoms. The van der Waals surface area contributed by atoms with E-state index in [1.807, 2.05) is 33.8 Å². The van der Waals surface area contributed by atoms with Crippen LogP contribution in [0.2, 0.25) is 0 Å². The molecule has 5 N–H and O–H groups in total. The Morgan fingerprint density at radius 1 is 0.756 bits per heavy atom. The number of nitrogens with one attached hydrogen (secondary N) is 4. The highest BCUT2D eigenvalue weighted by atomic mass is 35.5. The van der Waals surface area contributed by atoms with Crippen LogP contribution in [0, 0.1) is 11.8 Å². The number of carboxylic acid groups (broad SMARTS) is 1. The van der Waals surface area contributed by atoms with E-state index in [1.165, 1.54) is 6.92 Å². The number of Topliss-reactive ketones (excluding diaryl/α,β-unsaturated/α-hetero) is 1. The molecule has 0 unspecified atom stereocenters. The number of aliphatic carboxylic acids is 1. The molecule has 1 aromatic carbocycles. The highest BCUT2D eigenvalue weighted by Crippen LogP contribution is 2.10. The van der Waals surface area contributed by atoms with E-state index in [9.17, 15) is 33.9 Å². The monoisotopic (exact) mass is 596 g/mol. The Hall–Kier alpha value is -3.67. The Morgan fingerprint density at radius 3 is 1.76 bits per heavy atom. The summed E-state index contributed by atoms with van der Waals surface area (Å²) < 4.78 is 5.20. The van der Waals surface area contributed by atoms with Crippen molar-refractivity contribution in [1.29, 1.82) is 0 Å². The molecule has 0 saturated heterocycles. The number of alkyl halides is 1. The predicted octanol–water partition coefficient (Wildman–Crippen LogP) is 2.13. The number of benzene rings is 1. The summed E-state index contributed by atoms with van der Waals surface area (Å²) in [4.78, 5) is 74.9. The molecule has 0 spiro atoms. The maximum Gasteiger partial charge on any atom is 0.408 e. The Labute approximate surface area is 245 Å². The Morgan fingerprint density at radius 2 is 1.24 bits per heavy atom. The largest absolute Gasteiger partial charge is 0.481 e. The lowest BCUT2D eigenvalue weighted by molar-refractivity contribution is -0.141. The van der Waals surface area contributed by atoms with Crippen LogP contribution in [0.3, 0.4) is 0 Å². The van der Waals surface area contributed by atoms with Gasteiger partial charge in [-0.3, -0.25) is 24.0 Å². The van der Waals surface area contributed by atoms with Gasteiger partial charge in [-0.25, -0.2) is 4.79 Å². The summed E-state index contributed by atoms with van der Waals surface area (Å²) in [5.74, 6) is -4.55. The third-order valence-electron chi connectivity index (χ3n) is 5.85. The van der Waals surface area contributed by atoms with Crippen molar-refractivity contribution in [3.8, 4) is 0 Å². The molecule has 0 bridgehead atoms. The van der Waals surface area contributed by atoms with Crippen LogP contribution >= 0.6 is 11.6 Å². The fourth-order valence-electron chi connectivity index (χ4n) is 3.75. The number of hydrogen-bond acceptors (Lipinski definition) is 7. The summed E-state index contributed by atoms with van der Waals surface area (Å²) in [6.45, 7) is 8.70. The van der Waals surface area contributed by atoms with Gasteiger partial charge < -0.3 is 31.1 Å². The molecule has 13 heteroatoms. The zero-order valence-electron chi connectivity index (χ0n) is 24.1. The smallest absolute Gasteiger partial charge is 0.408 e. The van der Waals surface area contributed by atoms with E-state index in [2.05, 4.69) is 21.3 Å². The molecule has 1 rings (SSSR count). The van der Waals surface area contributed by atoms with Crippen molar-refractivity contribution in [2.75, 3.05) is 5.88 Å². The summed E-state index contributed by atoms with van der Waals surface area (Å²) in [7, 11) is 0. The van der Waals surface area contributed by atoms with Gasteiger partial charge in [-0.2, -0.15) is 0 Å². The Kier molecular flexibility index (Phi) is 15.4. The van der Waals surface area contributed by atoms with E-state index in [4.69, 9.17) is 16.3 Å². The number of alkyl carbamates (subject to hydrolysis) is 1. The van der Waals surface area contributed by atoms with E-state index in [1.54, 1.807) is 24.3 Å². The lowest BCUT2D eigenvalue weighted by atomic mass is 10.0. The van der Waals surface area contributed by atoms with E-state index < -0.39 is 66.2 Å². The van der Waals surface area contributed by atoms with Crippen molar-refractivity contribution in [2.24, 2.45) is 11.8 Å². The first-order valence-electron chi connectivity index (χ1n) is 13.4. The van der Waals surface area contributed by atoms with Gasteiger partial charge in [0, 0.05) is 0 Å². The van der Waals surface area contributed by atoms with Crippen LogP contribution in [0.4, 0.5) is 4.79 Å². The fraction of sp³-hybridized carbons (Fsp3) is 0.571.